The minimum absolute atomic E-state index is 0.251. The number of aromatic nitrogens is 2. The Hall–Kier alpha value is -1.40. The highest BCUT2D eigenvalue weighted by atomic mass is 16.5. The minimum atomic E-state index is -0.514. The van der Waals surface area contributed by atoms with E-state index in [0.717, 1.165) is 24.2 Å². The first-order valence-electron chi connectivity index (χ1n) is 5.74. The lowest BCUT2D eigenvalue weighted by molar-refractivity contribution is -0.126. The molecule has 0 fully saturated rings. The van der Waals surface area contributed by atoms with Crippen LogP contribution in [0.25, 0.3) is 0 Å². The SMILES string of the molecule is CCc1cc(CC)n(C(COC)C(=O)NN)n1. The van der Waals surface area contributed by atoms with E-state index in [2.05, 4.69) is 10.5 Å². The van der Waals surface area contributed by atoms with Crippen molar-refractivity contribution < 1.29 is 9.53 Å². The van der Waals surface area contributed by atoms with Gasteiger partial charge in [-0.05, 0) is 18.9 Å². The van der Waals surface area contributed by atoms with Crippen molar-refractivity contribution in [2.24, 2.45) is 5.84 Å². The molecule has 0 radical (unpaired) electrons. The molecule has 1 rings (SSSR count). The Morgan fingerprint density at radius 1 is 1.59 bits per heavy atom. The predicted molar refractivity (Wildman–Crippen MR) is 64.2 cm³/mol. The van der Waals surface area contributed by atoms with Crippen LogP contribution < -0.4 is 11.3 Å². The zero-order valence-corrected chi connectivity index (χ0v) is 10.6. The van der Waals surface area contributed by atoms with Crippen LogP contribution in [0.4, 0.5) is 0 Å². The van der Waals surface area contributed by atoms with Crippen LogP contribution in [0, 0.1) is 0 Å². The molecule has 0 spiro atoms. The Balaban J connectivity index is 3.07. The number of hydrogen-bond acceptors (Lipinski definition) is 4. The topological polar surface area (TPSA) is 82.2 Å². The number of amides is 1. The molecule has 1 atom stereocenters. The Labute approximate surface area is 101 Å². The molecule has 0 saturated carbocycles. The van der Waals surface area contributed by atoms with Crippen molar-refractivity contribution in [1.29, 1.82) is 0 Å². The first-order chi connectivity index (χ1) is 8.17. The number of ether oxygens (including phenoxy) is 1. The van der Waals surface area contributed by atoms with Crippen molar-refractivity contribution in [2.45, 2.75) is 32.7 Å². The van der Waals surface area contributed by atoms with Gasteiger partial charge in [-0.3, -0.25) is 14.9 Å². The zero-order valence-electron chi connectivity index (χ0n) is 10.6. The van der Waals surface area contributed by atoms with Crippen LogP contribution in [0.15, 0.2) is 6.07 Å². The van der Waals surface area contributed by atoms with Gasteiger partial charge in [0.1, 0.15) is 0 Å². The van der Waals surface area contributed by atoms with Crippen molar-refractivity contribution >= 4 is 5.91 Å². The summed E-state index contributed by atoms with van der Waals surface area (Å²) in [4.78, 5) is 11.7. The molecule has 1 heterocycles. The fourth-order valence-corrected chi connectivity index (χ4v) is 1.71. The Morgan fingerprint density at radius 3 is 2.76 bits per heavy atom. The van der Waals surface area contributed by atoms with Gasteiger partial charge in [0, 0.05) is 12.8 Å². The van der Waals surface area contributed by atoms with Crippen LogP contribution in [0.3, 0.4) is 0 Å². The van der Waals surface area contributed by atoms with Crippen molar-refractivity contribution in [3.8, 4) is 0 Å². The van der Waals surface area contributed by atoms with Gasteiger partial charge in [-0.25, -0.2) is 5.84 Å². The molecule has 1 aromatic rings. The summed E-state index contributed by atoms with van der Waals surface area (Å²) in [7, 11) is 1.55. The molecule has 1 amide bonds. The average molecular weight is 240 g/mol. The number of methoxy groups -OCH3 is 1. The summed E-state index contributed by atoms with van der Waals surface area (Å²) in [6.45, 7) is 4.30. The van der Waals surface area contributed by atoms with E-state index < -0.39 is 6.04 Å². The maximum atomic E-state index is 11.7. The van der Waals surface area contributed by atoms with Crippen LogP contribution in [0.2, 0.25) is 0 Å². The number of nitrogens with one attached hydrogen (secondary N) is 1. The quantitative estimate of drug-likeness (QED) is 0.422. The van der Waals surface area contributed by atoms with Gasteiger partial charge in [0.2, 0.25) is 0 Å². The van der Waals surface area contributed by atoms with Crippen LogP contribution in [0.1, 0.15) is 31.3 Å². The smallest absolute Gasteiger partial charge is 0.261 e. The van der Waals surface area contributed by atoms with Crippen LogP contribution >= 0.6 is 0 Å². The van der Waals surface area contributed by atoms with Crippen molar-refractivity contribution in [3.05, 3.63) is 17.5 Å². The lowest BCUT2D eigenvalue weighted by Gasteiger charge is -2.17. The number of aryl methyl sites for hydroxylation is 2. The largest absolute Gasteiger partial charge is 0.382 e. The van der Waals surface area contributed by atoms with Crippen LogP contribution in [0.5, 0.6) is 0 Å². The van der Waals surface area contributed by atoms with E-state index in [4.69, 9.17) is 10.6 Å². The van der Waals surface area contributed by atoms with Crippen LogP contribution in [-0.2, 0) is 22.4 Å². The molecule has 1 unspecified atom stereocenters. The minimum Gasteiger partial charge on any atom is -0.382 e. The van der Waals surface area contributed by atoms with E-state index in [1.807, 2.05) is 19.9 Å². The Kier molecular flexibility index (Phi) is 5.11. The molecule has 96 valence electrons. The van der Waals surface area contributed by atoms with E-state index in [9.17, 15) is 4.79 Å². The van der Waals surface area contributed by atoms with Gasteiger partial charge in [-0.1, -0.05) is 13.8 Å². The molecule has 17 heavy (non-hydrogen) atoms. The van der Waals surface area contributed by atoms with Gasteiger partial charge in [-0.15, -0.1) is 0 Å². The number of carbonyl (C=O) groups excluding carboxylic acids is 1. The second-order valence-corrected chi connectivity index (χ2v) is 3.76. The van der Waals surface area contributed by atoms with Gasteiger partial charge >= 0.3 is 0 Å². The maximum Gasteiger partial charge on any atom is 0.261 e. The monoisotopic (exact) mass is 240 g/mol. The standard InChI is InChI=1S/C11H20N4O2/c1-4-8-6-9(5-2)15(14-8)10(7-17-3)11(16)13-12/h6,10H,4-5,7,12H2,1-3H3,(H,13,16). The molecule has 0 saturated heterocycles. The summed E-state index contributed by atoms with van der Waals surface area (Å²) >= 11 is 0. The summed E-state index contributed by atoms with van der Waals surface area (Å²) < 4.78 is 6.75. The molecule has 0 aliphatic heterocycles. The average Bonchev–Trinajstić information content (AvgIpc) is 2.78. The molecule has 1 aromatic heterocycles. The Morgan fingerprint density at radius 2 is 2.29 bits per heavy atom. The molecule has 0 bridgehead atoms. The van der Waals surface area contributed by atoms with E-state index in [1.54, 1.807) is 11.8 Å². The molecule has 0 aliphatic carbocycles. The van der Waals surface area contributed by atoms with Gasteiger partial charge in [0.15, 0.2) is 6.04 Å². The van der Waals surface area contributed by atoms with Crippen molar-refractivity contribution in [2.75, 3.05) is 13.7 Å². The summed E-state index contributed by atoms with van der Waals surface area (Å²) in [5.41, 5.74) is 4.12. The fourth-order valence-electron chi connectivity index (χ4n) is 1.71. The van der Waals surface area contributed by atoms with Crippen molar-refractivity contribution in [3.63, 3.8) is 0 Å². The van der Waals surface area contributed by atoms with Gasteiger partial charge in [0.25, 0.3) is 5.91 Å². The maximum absolute atomic E-state index is 11.7. The number of nitrogens with two attached hydrogens (primary N) is 1. The van der Waals surface area contributed by atoms with E-state index in [-0.39, 0.29) is 12.5 Å². The zero-order chi connectivity index (χ0) is 12.8. The van der Waals surface area contributed by atoms with Gasteiger partial charge in [0.05, 0.1) is 12.3 Å². The van der Waals surface area contributed by atoms with Crippen LogP contribution in [-0.4, -0.2) is 29.4 Å². The second-order valence-electron chi connectivity index (χ2n) is 3.76. The third-order valence-electron chi connectivity index (χ3n) is 2.65. The van der Waals surface area contributed by atoms with E-state index >= 15 is 0 Å². The normalized spacial score (nSPS) is 12.5. The number of hydrogen-bond donors (Lipinski definition) is 2. The first-order valence-corrected chi connectivity index (χ1v) is 5.74. The third kappa shape index (κ3) is 3.04. The summed E-state index contributed by atoms with van der Waals surface area (Å²) in [6, 6.07) is 1.49. The van der Waals surface area contributed by atoms with E-state index in [1.165, 1.54) is 0 Å². The highest BCUT2D eigenvalue weighted by molar-refractivity contribution is 5.79. The summed E-state index contributed by atoms with van der Waals surface area (Å²) in [6.07, 6.45) is 1.65. The molecular formula is C11H20N4O2. The number of nitrogens with zero attached hydrogens (tertiary/aromatic N) is 2. The lowest BCUT2D eigenvalue weighted by Crippen LogP contribution is -2.40. The number of carbonyl (C=O) groups is 1. The third-order valence-corrected chi connectivity index (χ3v) is 2.65. The molecule has 6 heteroatoms. The second kappa shape index (κ2) is 6.36. The Bertz CT molecular complexity index is 376. The predicted octanol–water partition coefficient (Wildman–Crippen LogP) is 0.185. The lowest BCUT2D eigenvalue weighted by atomic mass is 10.2. The van der Waals surface area contributed by atoms with Gasteiger partial charge in [-0.2, -0.15) is 5.10 Å². The molecule has 0 aromatic carbocycles. The molecule has 6 nitrogen and oxygen atoms in total. The highest BCUT2D eigenvalue weighted by Gasteiger charge is 2.23. The molecule has 0 aliphatic rings. The highest BCUT2D eigenvalue weighted by Crippen LogP contribution is 2.14. The first kappa shape index (κ1) is 13.7. The van der Waals surface area contributed by atoms with Crippen molar-refractivity contribution in [1.82, 2.24) is 15.2 Å². The summed E-state index contributed by atoms with van der Waals surface area (Å²) in [5.74, 6) is 4.88. The fraction of sp³-hybridized carbons (Fsp3) is 0.636. The van der Waals surface area contributed by atoms with E-state index in [0.29, 0.717) is 0 Å². The summed E-state index contributed by atoms with van der Waals surface area (Å²) in [5, 5.41) is 4.41. The number of rotatable bonds is 6. The molecule has 3 N–H and O–H groups in total. The molecular weight excluding hydrogens is 220 g/mol. The number of hydrazine groups is 1. The van der Waals surface area contributed by atoms with Gasteiger partial charge < -0.3 is 4.74 Å².